The average Bonchev–Trinajstić information content (AvgIpc) is 2.38. The summed E-state index contributed by atoms with van der Waals surface area (Å²) in [5.74, 6) is 0. The van der Waals surface area contributed by atoms with Gasteiger partial charge in [0.15, 0.2) is 0 Å². The Kier molecular flexibility index (Phi) is 22.5. The fourth-order valence-corrected chi connectivity index (χ4v) is 11.4. The second kappa shape index (κ2) is 19.1. The third-order valence-electron chi connectivity index (χ3n) is 2.89. The molecule has 0 aromatic rings. The fourth-order valence-electron chi connectivity index (χ4n) is 1.76. The first kappa shape index (κ1) is 22.4. The minimum absolute atomic E-state index is 0.235. The molecule has 0 bridgehead atoms. The maximum atomic E-state index is 9.41. The summed E-state index contributed by atoms with van der Waals surface area (Å²) in [6.45, 7) is 8.85. The van der Waals surface area contributed by atoms with Crippen LogP contribution in [0.15, 0.2) is 0 Å². The molecule has 0 aliphatic rings. The van der Waals surface area contributed by atoms with E-state index in [-0.39, 0.29) is 6.61 Å². The van der Waals surface area contributed by atoms with E-state index in [9.17, 15) is 9.79 Å². The molecule has 0 rings (SSSR count). The molecule has 0 fully saturated rings. The molecule has 19 heavy (non-hydrogen) atoms. The van der Waals surface area contributed by atoms with Crippen molar-refractivity contribution in [3.8, 4) is 0 Å². The molecule has 0 aromatic heterocycles. The average molecular weight is 398 g/mol. The predicted molar refractivity (Wildman–Crippen MR) is 83.4 cm³/mol. The van der Waals surface area contributed by atoms with E-state index in [4.69, 9.17) is 0 Å². The quantitative estimate of drug-likeness (QED) is 0.393. The van der Waals surface area contributed by atoms with Gasteiger partial charge in [-0.15, -0.1) is 0 Å². The molecule has 3 nitrogen and oxygen atoms in total. The van der Waals surface area contributed by atoms with E-state index in [1.165, 1.54) is 38.5 Å². The number of hydrogen-bond donors (Lipinski definition) is 0. The van der Waals surface area contributed by atoms with Crippen LogP contribution in [0.1, 0.15) is 66.2 Å². The van der Waals surface area contributed by atoms with Crippen LogP contribution in [0, 0.1) is 0 Å². The molecule has 0 atom stereocenters. The van der Waals surface area contributed by atoms with E-state index in [1.54, 1.807) is 20.2 Å². The molecule has 5 heteroatoms. The molecule has 0 saturated heterocycles. The maximum absolute atomic E-state index is 9.41. The summed E-state index contributed by atoms with van der Waals surface area (Å²) in [7, 11) is -2.60. The van der Waals surface area contributed by atoms with Crippen molar-refractivity contribution in [2.45, 2.75) is 79.5 Å². The zero-order valence-corrected chi connectivity index (χ0v) is 17.0. The van der Waals surface area contributed by atoms with Crippen molar-refractivity contribution >= 4 is 28.4 Å². The van der Waals surface area contributed by atoms with E-state index in [0.717, 1.165) is 0 Å². The van der Waals surface area contributed by atoms with Gasteiger partial charge in [0.25, 0.3) is 0 Å². The van der Waals surface area contributed by atoms with Gasteiger partial charge in [-0.25, -0.2) is 0 Å². The van der Waals surface area contributed by atoms with Crippen LogP contribution in [0.2, 0.25) is 13.3 Å². The molecular formula is C14H32O3PSn-. The van der Waals surface area contributed by atoms with Crippen molar-refractivity contribution in [1.29, 1.82) is 0 Å². The predicted octanol–water partition coefficient (Wildman–Crippen LogP) is 3.85. The molecule has 0 unspecified atom stereocenters. The monoisotopic (exact) mass is 399 g/mol. The summed E-state index contributed by atoms with van der Waals surface area (Å²) in [5, 5.41) is 0. The largest absolute Gasteiger partial charge is 0.820 e. The van der Waals surface area contributed by atoms with Crippen molar-refractivity contribution in [3.05, 3.63) is 0 Å². The zero-order chi connectivity index (χ0) is 14.9. The van der Waals surface area contributed by atoms with Gasteiger partial charge in [-0.1, -0.05) is 0 Å². The summed E-state index contributed by atoms with van der Waals surface area (Å²) in [6.07, 6.45) is 8.85. The van der Waals surface area contributed by atoms with Crippen molar-refractivity contribution in [1.82, 2.24) is 0 Å². The molecule has 0 saturated carbocycles. The van der Waals surface area contributed by atoms with Gasteiger partial charge >= 0.3 is 92.4 Å². The van der Waals surface area contributed by atoms with Crippen LogP contribution in [0.5, 0.6) is 0 Å². The Labute approximate surface area is 128 Å². The molecule has 0 N–H and O–H groups in total. The van der Waals surface area contributed by atoms with Gasteiger partial charge in [-0.3, -0.25) is 0 Å². The standard InChI is InChI=1S/3C4H9.C2H5O3P.Sn/c3*1-3-4-2;1-2-5-6(3)4;/h3*1,3-4H2,2H3;2H2,1H3;/q;;;-2;+1. The van der Waals surface area contributed by atoms with Crippen LogP contribution in [0.25, 0.3) is 0 Å². The molecular weight excluding hydrogens is 366 g/mol. The molecule has 0 aliphatic heterocycles. The summed E-state index contributed by atoms with van der Waals surface area (Å²) in [4.78, 5) is 18.8. The van der Waals surface area contributed by atoms with Crippen molar-refractivity contribution in [2.75, 3.05) is 6.61 Å². The van der Waals surface area contributed by atoms with E-state index in [0.29, 0.717) is 0 Å². The minimum Gasteiger partial charge on any atom is -0.820 e. The molecule has 0 heterocycles. The Morgan fingerprint density at radius 3 is 1.32 bits per heavy atom. The number of unbranched alkanes of at least 4 members (excludes halogenated alkanes) is 3. The first-order valence-corrected chi connectivity index (χ1v) is 14.9. The Bertz CT molecular complexity index is 141. The van der Waals surface area contributed by atoms with Crippen molar-refractivity contribution < 1.29 is 14.3 Å². The molecule has 0 aromatic carbocycles. The first-order chi connectivity index (χ1) is 9.12. The topological polar surface area (TPSA) is 55.3 Å². The number of rotatable bonds is 11. The smallest absolute Gasteiger partial charge is 0.0447 e. The van der Waals surface area contributed by atoms with Crippen LogP contribution < -0.4 is 9.79 Å². The summed E-state index contributed by atoms with van der Waals surface area (Å²) >= 11 is -0.839. The van der Waals surface area contributed by atoms with E-state index in [2.05, 4.69) is 25.3 Å². The van der Waals surface area contributed by atoms with Gasteiger partial charge in [0.1, 0.15) is 0 Å². The molecule has 0 radical (unpaired) electrons. The zero-order valence-electron chi connectivity index (χ0n) is 13.2. The summed E-state index contributed by atoms with van der Waals surface area (Å²) in [5.41, 5.74) is 0. The van der Waals surface area contributed by atoms with E-state index >= 15 is 0 Å². The van der Waals surface area contributed by atoms with E-state index < -0.39 is 28.4 Å². The first-order valence-electron chi connectivity index (χ1n) is 7.73. The molecule has 0 amide bonds. The van der Waals surface area contributed by atoms with E-state index in [1.807, 2.05) is 0 Å². The Hall–Kier alpha value is 1.11. The van der Waals surface area contributed by atoms with Gasteiger partial charge in [0.05, 0.1) is 0 Å². The van der Waals surface area contributed by atoms with Crippen LogP contribution in [0.3, 0.4) is 0 Å². The Balaban J connectivity index is 0. The minimum atomic E-state index is -2.60. The molecule has 0 spiro atoms. The second-order valence-electron chi connectivity index (χ2n) is 4.70. The van der Waals surface area contributed by atoms with Crippen molar-refractivity contribution in [3.63, 3.8) is 0 Å². The summed E-state index contributed by atoms with van der Waals surface area (Å²) in [6, 6.07) is 0. The molecule has 116 valence electrons. The SMILES string of the molecule is CCC[CH2][Sn+]([CH2]CCC)[CH2]CCC.CCOP([O-])[O-]. The third kappa shape index (κ3) is 21.6. The fraction of sp³-hybridized carbons (Fsp3) is 1.00. The Morgan fingerprint density at radius 2 is 1.16 bits per heavy atom. The van der Waals surface area contributed by atoms with Crippen LogP contribution in [-0.4, -0.2) is 26.4 Å². The van der Waals surface area contributed by atoms with Gasteiger partial charge < -0.3 is 14.3 Å². The molecule has 0 aliphatic carbocycles. The summed E-state index contributed by atoms with van der Waals surface area (Å²) < 4.78 is 9.03. The Morgan fingerprint density at radius 1 is 0.789 bits per heavy atom. The van der Waals surface area contributed by atoms with Gasteiger partial charge in [0, 0.05) is 6.61 Å². The van der Waals surface area contributed by atoms with Crippen molar-refractivity contribution in [2.24, 2.45) is 0 Å². The second-order valence-corrected chi connectivity index (χ2v) is 14.0. The van der Waals surface area contributed by atoms with Crippen LogP contribution in [-0.2, 0) is 4.52 Å². The normalized spacial score (nSPS) is 10.3. The third-order valence-corrected chi connectivity index (χ3v) is 12.4. The maximum Gasteiger partial charge on any atom is 0.0447 e. The number of hydrogen-bond acceptors (Lipinski definition) is 3. The van der Waals surface area contributed by atoms with Crippen LogP contribution in [0.4, 0.5) is 0 Å². The van der Waals surface area contributed by atoms with Gasteiger partial charge in [0.2, 0.25) is 0 Å². The van der Waals surface area contributed by atoms with Gasteiger partial charge in [-0.05, 0) is 6.92 Å². The van der Waals surface area contributed by atoms with Gasteiger partial charge in [-0.2, -0.15) is 8.60 Å². The van der Waals surface area contributed by atoms with Crippen LogP contribution >= 0.6 is 8.60 Å².